The van der Waals surface area contributed by atoms with Crippen molar-refractivity contribution >= 4 is 12.6 Å². The Morgan fingerprint density at radius 2 is 2.00 bits per heavy atom. The van der Waals surface area contributed by atoms with Gasteiger partial charge in [-0.05, 0) is 11.0 Å². The Kier molecular flexibility index (Phi) is 2.32. The molecule has 14 heavy (non-hydrogen) atoms. The molecule has 0 atom stereocenters. The number of benzene rings is 1. The summed E-state index contributed by atoms with van der Waals surface area (Å²) >= 11 is 0. The van der Waals surface area contributed by atoms with Gasteiger partial charge in [-0.25, -0.2) is 0 Å². The Hall–Kier alpha value is -0.875. The van der Waals surface area contributed by atoms with Gasteiger partial charge in [-0.3, -0.25) is 0 Å². The highest BCUT2D eigenvalue weighted by molar-refractivity contribution is 6.58. The average Bonchev–Trinajstić information content (AvgIpc) is 2.14. The molecule has 1 heterocycles. The molecule has 1 fully saturated rings. The Labute approximate surface area is 81.9 Å². The fourth-order valence-corrected chi connectivity index (χ4v) is 1.45. The molecule has 5 heteroatoms. The predicted octanol–water partition coefficient (Wildman–Crippen LogP) is -1.42. The molecule has 0 amide bonds. The van der Waals surface area contributed by atoms with E-state index in [9.17, 15) is 5.11 Å². The third-order valence-corrected chi connectivity index (χ3v) is 2.40. The number of rotatable bonds is 2. The molecule has 4 nitrogen and oxygen atoms in total. The first-order valence-corrected chi connectivity index (χ1v) is 4.38. The average molecular weight is 194 g/mol. The maximum Gasteiger partial charge on any atom is 0.488 e. The van der Waals surface area contributed by atoms with E-state index in [4.69, 9.17) is 14.8 Å². The Bertz CT molecular complexity index is 335. The lowest BCUT2D eigenvalue weighted by molar-refractivity contribution is -0.184. The second-order valence-electron chi connectivity index (χ2n) is 3.52. The molecule has 0 spiro atoms. The van der Waals surface area contributed by atoms with Gasteiger partial charge < -0.3 is 19.9 Å². The number of hydrogen-bond acceptors (Lipinski definition) is 4. The molecule has 0 bridgehead atoms. The van der Waals surface area contributed by atoms with Gasteiger partial charge in [0.1, 0.15) is 5.60 Å². The standard InChI is InChI=1S/C9H11BO4/c11-9(5-14-6-9)7-2-1-3-8(4-7)10(12)13/h1-4,11-13H,5-6H2. The second kappa shape index (κ2) is 3.36. The van der Waals surface area contributed by atoms with E-state index >= 15 is 0 Å². The van der Waals surface area contributed by atoms with Crippen LogP contribution in [-0.4, -0.2) is 35.5 Å². The van der Waals surface area contributed by atoms with E-state index in [0.717, 1.165) is 0 Å². The molecule has 1 aliphatic heterocycles. The van der Waals surface area contributed by atoms with E-state index < -0.39 is 12.7 Å². The topological polar surface area (TPSA) is 69.9 Å². The smallest absolute Gasteiger partial charge is 0.423 e. The van der Waals surface area contributed by atoms with Crippen molar-refractivity contribution in [1.29, 1.82) is 0 Å². The first-order chi connectivity index (χ1) is 6.62. The summed E-state index contributed by atoms with van der Waals surface area (Å²) in [7, 11) is -1.50. The van der Waals surface area contributed by atoms with Crippen molar-refractivity contribution in [1.82, 2.24) is 0 Å². The van der Waals surface area contributed by atoms with E-state index in [0.29, 0.717) is 11.0 Å². The van der Waals surface area contributed by atoms with Crippen LogP contribution in [0.3, 0.4) is 0 Å². The summed E-state index contributed by atoms with van der Waals surface area (Å²) in [4.78, 5) is 0. The molecular formula is C9H11BO4. The third kappa shape index (κ3) is 1.55. The molecule has 0 aromatic heterocycles. The molecule has 0 radical (unpaired) electrons. The van der Waals surface area contributed by atoms with Crippen molar-refractivity contribution in [3.63, 3.8) is 0 Å². The second-order valence-corrected chi connectivity index (χ2v) is 3.52. The summed E-state index contributed by atoms with van der Waals surface area (Å²) < 4.78 is 4.92. The summed E-state index contributed by atoms with van der Waals surface area (Å²) in [6, 6.07) is 6.60. The normalized spacial score (nSPS) is 18.8. The minimum atomic E-state index is -1.50. The van der Waals surface area contributed by atoms with Crippen LogP contribution in [0, 0.1) is 0 Å². The van der Waals surface area contributed by atoms with Gasteiger partial charge in [-0.1, -0.05) is 24.3 Å². The van der Waals surface area contributed by atoms with Crippen LogP contribution < -0.4 is 5.46 Å². The van der Waals surface area contributed by atoms with Gasteiger partial charge in [0.05, 0.1) is 13.2 Å². The largest absolute Gasteiger partial charge is 0.488 e. The fraction of sp³-hybridized carbons (Fsp3) is 0.333. The molecular weight excluding hydrogens is 183 g/mol. The SMILES string of the molecule is OB(O)c1cccc(C2(O)COC2)c1. The van der Waals surface area contributed by atoms with Gasteiger partial charge in [0, 0.05) is 0 Å². The van der Waals surface area contributed by atoms with Gasteiger partial charge in [0.25, 0.3) is 0 Å². The maximum absolute atomic E-state index is 9.90. The molecule has 1 aromatic rings. The number of ether oxygens (including phenoxy) is 1. The molecule has 3 N–H and O–H groups in total. The first-order valence-electron chi connectivity index (χ1n) is 4.38. The maximum atomic E-state index is 9.90. The Morgan fingerprint density at radius 1 is 1.29 bits per heavy atom. The van der Waals surface area contributed by atoms with Gasteiger partial charge in [-0.15, -0.1) is 0 Å². The molecule has 1 aromatic carbocycles. The lowest BCUT2D eigenvalue weighted by Crippen LogP contribution is -2.47. The molecule has 1 aliphatic rings. The van der Waals surface area contributed by atoms with Crippen LogP contribution in [0.25, 0.3) is 0 Å². The fourth-order valence-electron chi connectivity index (χ4n) is 1.45. The van der Waals surface area contributed by atoms with E-state index in [-0.39, 0.29) is 13.2 Å². The van der Waals surface area contributed by atoms with Gasteiger partial charge in [-0.2, -0.15) is 0 Å². The lowest BCUT2D eigenvalue weighted by atomic mass is 9.77. The van der Waals surface area contributed by atoms with Crippen LogP contribution in [0.4, 0.5) is 0 Å². The summed E-state index contributed by atoms with van der Waals surface area (Å²) in [5, 5.41) is 27.8. The lowest BCUT2D eigenvalue weighted by Gasteiger charge is -2.36. The molecule has 0 saturated carbocycles. The molecule has 2 rings (SSSR count). The quantitative estimate of drug-likeness (QED) is 0.505. The van der Waals surface area contributed by atoms with Gasteiger partial charge >= 0.3 is 7.12 Å². The van der Waals surface area contributed by atoms with E-state index in [2.05, 4.69) is 0 Å². The van der Waals surface area contributed by atoms with Crippen molar-refractivity contribution in [3.8, 4) is 0 Å². The van der Waals surface area contributed by atoms with Crippen molar-refractivity contribution in [2.45, 2.75) is 5.60 Å². The minimum absolute atomic E-state index is 0.262. The molecule has 0 aliphatic carbocycles. The Morgan fingerprint density at radius 3 is 2.50 bits per heavy atom. The predicted molar refractivity (Wildman–Crippen MR) is 51.0 cm³/mol. The zero-order valence-corrected chi connectivity index (χ0v) is 7.55. The van der Waals surface area contributed by atoms with Crippen LogP contribution in [-0.2, 0) is 10.3 Å². The Balaban J connectivity index is 2.30. The summed E-state index contributed by atoms with van der Waals surface area (Å²) in [6.45, 7) is 0.524. The van der Waals surface area contributed by atoms with Crippen molar-refractivity contribution in [3.05, 3.63) is 29.8 Å². The summed E-state index contributed by atoms with van der Waals surface area (Å²) in [5.41, 5.74) is 0.0856. The van der Waals surface area contributed by atoms with Crippen LogP contribution in [0.1, 0.15) is 5.56 Å². The van der Waals surface area contributed by atoms with E-state index in [1.54, 1.807) is 24.3 Å². The molecule has 74 valence electrons. The molecule has 0 unspecified atom stereocenters. The highest BCUT2D eigenvalue weighted by atomic mass is 16.5. The first kappa shape index (κ1) is 9.67. The molecule has 1 saturated heterocycles. The van der Waals surface area contributed by atoms with Crippen LogP contribution in [0.2, 0.25) is 0 Å². The van der Waals surface area contributed by atoms with Crippen LogP contribution >= 0.6 is 0 Å². The summed E-state index contributed by atoms with van der Waals surface area (Å²) in [5.74, 6) is 0. The van der Waals surface area contributed by atoms with Crippen LogP contribution in [0.15, 0.2) is 24.3 Å². The van der Waals surface area contributed by atoms with E-state index in [1.165, 1.54) is 0 Å². The minimum Gasteiger partial charge on any atom is -0.423 e. The monoisotopic (exact) mass is 194 g/mol. The highest BCUT2D eigenvalue weighted by Crippen LogP contribution is 2.28. The van der Waals surface area contributed by atoms with E-state index in [1.807, 2.05) is 0 Å². The highest BCUT2D eigenvalue weighted by Gasteiger charge is 2.38. The zero-order chi connectivity index (χ0) is 10.2. The van der Waals surface area contributed by atoms with Gasteiger partial charge in [0.2, 0.25) is 0 Å². The van der Waals surface area contributed by atoms with Crippen molar-refractivity contribution < 1.29 is 19.9 Å². The third-order valence-electron chi connectivity index (χ3n) is 2.40. The zero-order valence-electron chi connectivity index (χ0n) is 7.55. The number of aliphatic hydroxyl groups is 1. The van der Waals surface area contributed by atoms with Crippen molar-refractivity contribution in [2.75, 3.05) is 13.2 Å². The summed E-state index contributed by atoms with van der Waals surface area (Å²) in [6.07, 6.45) is 0. The van der Waals surface area contributed by atoms with Gasteiger partial charge in [0.15, 0.2) is 0 Å². The van der Waals surface area contributed by atoms with Crippen molar-refractivity contribution in [2.24, 2.45) is 0 Å². The number of hydrogen-bond donors (Lipinski definition) is 3. The van der Waals surface area contributed by atoms with Crippen LogP contribution in [0.5, 0.6) is 0 Å².